The molecule has 0 bridgehead atoms. The van der Waals surface area contributed by atoms with Gasteiger partial charge in [-0.2, -0.15) is 0 Å². The summed E-state index contributed by atoms with van der Waals surface area (Å²) in [5.74, 6) is 0.295. The molecule has 2 aromatic carbocycles. The van der Waals surface area contributed by atoms with Crippen molar-refractivity contribution in [1.29, 1.82) is 0 Å². The van der Waals surface area contributed by atoms with Crippen LogP contribution in [0.1, 0.15) is 5.56 Å². The van der Waals surface area contributed by atoms with Gasteiger partial charge in [0.2, 0.25) is 5.91 Å². The number of pyridine rings is 1. The second kappa shape index (κ2) is 8.63. The quantitative estimate of drug-likeness (QED) is 0.661. The van der Waals surface area contributed by atoms with Crippen molar-refractivity contribution in [2.75, 3.05) is 42.3 Å². The van der Waals surface area contributed by atoms with E-state index in [1.807, 2.05) is 49.4 Å². The number of aromatic nitrogens is 1. The molecule has 3 aromatic rings. The van der Waals surface area contributed by atoms with Gasteiger partial charge in [0.1, 0.15) is 5.03 Å². The summed E-state index contributed by atoms with van der Waals surface area (Å²) in [4.78, 5) is 19.5. The minimum atomic E-state index is -0.0277. The van der Waals surface area contributed by atoms with Crippen molar-refractivity contribution in [3.8, 4) is 0 Å². The van der Waals surface area contributed by atoms with Gasteiger partial charge in [-0.3, -0.25) is 4.79 Å². The molecule has 5 nitrogen and oxygen atoms in total. The fourth-order valence-electron chi connectivity index (χ4n) is 3.33. The molecule has 1 fully saturated rings. The highest BCUT2D eigenvalue weighted by Crippen LogP contribution is 2.28. The van der Waals surface area contributed by atoms with Gasteiger partial charge in [0.15, 0.2) is 0 Å². The number of morpholine rings is 1. The maximum atomic E-state index is 12.6. The Kier molecular flexibility index (Phi) is 5.78. The maximum Gasteiger partial charge on any atom is 0.234 e. The van der Waals surface area contributed by atoms with Gasteiger partial charge in [-0.1, -0.05) is 42.1 Å². The minimum Gasteiger partial charge on any atom is -0.378 e. The summed E-state index contributed by atoms with van der Waals surface area (Å²) in [5.41, 5.74) is 3.93. The zero-order chi connectivity index (χ0) is 19.3. The number of carbonyl (C=O) groups is 1. The fourth-order valence-corrected chi connectivity index (χ4v) is 4.12. The van der Waals surface area contributed by atoms with Crippen LogP contribution in [0.3, 0.4) is 0 Å². The van der Waals surface area contributed by atoms with E-state index in [0.717, 1.165) is 46.0 Å². The lowest BCUT2D eigenvalue weighted by atomic mass is 10.2. The second-order valence-corrected chi connectivity index (χ2v) is 7.72. The summed E-state index contributed by atoms with van der Waals surface area (Å²) in [7, 11) is 0. The first-order valence-electron chi connectivity index (χ1n) is 9.41. The van der Waals surface area contributed by atoms with Crippen molar-refractivity contribution in [2.24, 2.45) is 0 Å². The van der Waals surface area contributed by atoms with Crippen molar-refractivity contribution in [3.63, 3.8) is 0 Å². The molecule has 144 valence electrons. The Morgan fingerprint density at radius 2 is 1.89 bits per heavy atom. The van der Waals surface area contributed by atoms with Crippen molar-refractivity contribution >= 4 is 39.9 Å². The Balaban J connectivity index is 1.43. The van der Waals surface area contributed by atoms with Gasteiger partial charge in [0.25, 0.3) is 0 Å². The van der Waals surface area contributed by atoms with E-state index in [-0.39, 0.29) is 5.91 Å². The number of ether oxygens (including phenoxy) is 1. The maximum absolute atomic E-state index is 12.6. The van der Waals surface area contributed by atoms with E-state index in [9.17, 15) is 4.79 Å². The first-order valence-corrected chi connectivity index (χ1v) is 10.4. The molecule has 0 radical (unpaired) electrons. The third-order valence-corrected chi connectivity index (χ3v) is 5.83. The number of benzene rings is 2. The topological polar surface area (TPSA) is 54.5 Å². The Morgan fingerprint density at radius 3 is 2.75 bits per heavy atom. The highest BCUT2D eigenvalue weighted by Gasteiger charge is 2.16. The minimum absolute atomic E-state index is 0.0277. The molecule has 1 amide bonds. The van der Waals surface area contributed by atoms with Crippen LogP contribution in [0.25, 0.3) is 10.9 Å². The molecule has 28 heavy (non-hydrogen) atoms. The Hall–Kier alpha value is -2.57. The number of para-hydroxylation sites is 3. The predicted molar refractivity (Wildman–Crippen MR) is 115 cm³/mol. The molecule has 6 heteroatoms. The van der Waals surface area contributed by atoms with Crippen molar-refractivity contribution in [3.05, 3.63) is 60.2 Å². The number of hydrogen-bond acceptors (Lipinski definition) is 5. The van der Waals surface area contributed by atoms with Crippen molar-refractivity contribution in [2.45, 2.75) is 11.9 Å². The number of fused-ring (bicyclic) bond motifs is 1. The molecular weight excluding hydrogens is 370 g/mol. The molecule has 4 rings (SSSR count). The number of carbonyl (C=O) groups excluding carboxylic acids is 1. The molecule has 1 aromatic heterocycles. The lowest BCUT2D eigenvalue weighted by Crippen LogP contribution is -2.36. The van der Waals surface area contributed by atoms with E-state index in [1.54, 1.807) is 0 Å². The van der Waals surface area contributed by atoms with Crippen LogP contribution < -0.4 is 10.2 Å². The number of amides is 1. The third kappa shape index (κ3) is 4.29. The molecule has 1 N–H and O–H groups in total. The molecule has 1 aliphatic rings. The number of thioether (sulfide) groups is 1. The highest BCUT2D eigenvalue weighted by molar-refractivity contribution is 8.00. The van der Waals surface area contributed by atoms with E-state index in [2.05, 4.69) is 22.3 Å². The standard InChI is InChI=1S/C22H23N3O2S/c1-16-14-17-6-2-3-7-18(17)24-22(16)28-15-21(26)23-19-8-4-5-9-20(19)25-10-12-27-13-11-25/h2-9,14H,10-13,15H2,1H3,(H,23,26). The van der Waals surface area contributed by atoms with E-state index < -0.39 is 0 Å². The zero-order valence-corrected chi connectivity index (χ0v) is 16.7. The average molecular weight is 394 g/mol. The van der Waals surface area contributed by atoms with Crippen LogP contribution in [0, 0.1) is 6.92 Å². The Morgan fingerprint density at radius 1 is 1.14 bits per heavy atom. The zero-order valence-electron chi connectivity index (χ0n) is 15.9. The van der Waals surface area contributed by atoms with Crippen molar-refractivity contribution in [1.82, 2.24) is 4.98 Å². The third-order valence-electron chi connectivity index (χ3n) is 4.74. The van der Waals surface area contributed by atoms with Gasteiger partial charge in [0.05, 0.1) is 35.9 Å². The van der Waals surface area contributed by atoms with Crippen LogP contribution in [-0.2, 0) is 9.53 Å². The summed E-state index contributed by atoms with van der Waals surface area (Å²) >= 11 is 1.47. The normalized spacial score (nSPS) is 14.2. The summed E-state index contributed by atoms with van der Waals surface area (Å²) in [6.45, 7) is 5.13. The second-order valence-electron chi connectivity index (χ2n) is 6.76. The smallest absolute Gasteiger partial charge is 0.234 e. The van der Waals surface area contributed by atoms with Gasteiger partial charge in [0, 0.05) is 18.5 Å². The number of aryl methyl sites for hydroxylation is 1. The molecule has 0 spiro atoms. The molecule has 0 aliphatic carbocycles. The fraction of sp³-hybridized carbons (Fsp3) is 0.273. The lowest BCUT2D eigenvalue weighted by Gasteiger charge is -2.30. The molecule has 0 saturated carbocycles. The number of anilines is 2. The highest BCUT2D eigenvalue weighted by atomic mass is 32.2. The predicted octanol–water partition coefficient (Wildman–Crippen LogP) is 4.11. The van der Waals surface area contributed by atoms with E-state index >= 15 is 0 Å². The van der Waals surface area contributed by atoms with Crippen LogP contribution in [0.4, 0.5) is 11.4 Å². The van der Waals surface area contributed by atoms with E-state index in [4.69, 9.17) is 9.72 Å². The number of nitrogens with zero attached hydrogens (tertiary/aromatic N) is 2. The van der Waals surface area contributed by atoms with Gasteiger partial charge >= 0.3 is 0 Å². The van der Waals surface area contributed by atoms with Crippen LogP contribution in [0.2, 0.25) is 0 Å². The van der Waals surface area contributed by atoms with Crippen LogP contribution in [-0.4, -0.2) is 42.9 Å². The summed E-state index contributed by atoms with van der Waals surface area (Å²) in [5, 5.41) is 5.08. The van der Waals surface area contributed by atoms with Gasteiger partial charge in [-0.05, 0) is 36.8 Å². The molecule has 1 saturated heterocycles. The summed E-state index contributed by atoms with van der Waals surface area (Å²) in [6, 6.07) is 18.1. The summed E-state index contributed by atoms with van der Waals surface area (Å²) < 4.78 is 5.43. The van der Waals surface area contributed by atoms with Gasteiger partial charge < -0.3 is 15.0 Å². The number of rotatable bonds is 5. The lowest BCUT2D eigenvalue weighted by molar-refractivity contribution is -0.113. The summed E-state index contributed by atoms with van der Waals surface area (Å²) in [6.07, 6.45) is 0. The van der Waals surface area contributed by atoms with Gasteiger partial charge in [-0.15, -0.1) is 0 Å². The largest absolute Gasteiger partial charge is 0.378 e. The van der Waals surface area contributed by atoms with Crippen LogP contribution in [0.5, 0.6) is 0 Å². The first-order chi connectivity index (χ1) is 13.7. The number of hydrogen-bond donors (Lipinski definition) is 1. The van der Waals surface area contributed by atoms with Crippen LogP contribution in [0.15, 0.2) is 59.6 Å². The van der Waals surface area contributed by atoms with Crippen molar-refractivity contribution < 1.29 is 9.53 Å². The van der Waals surface area contributed by atoms with Gasteiger partial charge in [-0.25, -0.2) is 4.98 Å². The van der Waals surface area contributed by atoms with Crippen LogP contribution >= 0.6 is 11.8 Å². The SMILES string of the molecule is Cc1cc2ccccc2nc1SCC(=O)Nc1ccccc1N1CCOCC1. The first kappa shape index (κ1) is 18.8. The molecule has 0 unspecified atom stereocenters. The molecular formula is C22H23N3O2S. The average Bonchev–Trinajstić information content (AvgIpc) is 2.73. The Bertz CT molecular complexity index is 986. The monoisotopic (exact) mass is 393 g/mol. The van der Waals surface area contributed by atoms with E-state index in [1.165, 1.54) is 11.8 Å². The molecule has 0 atom stereocenters. The Labute approximate surface area is 169 Å². The molecule has 1 aliphatic heterocycles. The molecule has 2 heterocycles. The number of nitrogens with one attached hydrogen (secondary N) is 1. The van der Waals surface area contributed by atoms with E-state index in [0.29, 0.717) is 19.0 Å².